The summed E-state index contributed by atoms with van der Waals surface area (Å²) in [6.45, 7) is 2.26. The number of pyridine rings is 1. The Morgan fingerprint density at radius 3 is 2.67 bits per heavy atom. The van der Waals surface area contributed by atoms with Crippen molar-refractivity contribution in [1.29, 1.82) is 0 Å². The van der Waals surface area contributed by atoms with Crippen LogP contribution in [0.3, 0.4) is 0 Å². The van der Waals surface area contributed by atoms with Crippen molar-refractivity contribution in [2.24, 2.45) is 0 Å². The van der Waals surface area contributed by atoms with E-state index in [1.165, 1.54) is 15.1 Å². The lowest BCUT2D eigenvalue weighted by molar-refractivity contribution is -0.141. The van der Waals surface area contributed by atoms with E-state index in [4.69, 9.17) is 4.98 Å². The van der Waals surface area contributed by atoms with Crippen LogP contribution in [0.15, 0.2) is 47.6 Å². The summed E-state index contributed by atoms with van der Waals surface area (Å²) < 4.78 is 69.7. The van der Waals surface area contributed by atoms with Gasteiger partial charge in [0.15, 0.2) is 11.5 Å². The minimum Gasteiger partial charge on any atom is -0.234 e. The van der Waals surface area contributed by atoms with Crippen molar-refractivity contribution in [1.82, 2.24) is 28.9 Å². The average molecular weight is 533 g/mol. The Bertz CT molecular complexity index is 1730. The molecule has 0 radical (unpaired) electrons. The summed E-state index contributed by atoms with van der Waals surface area (Å²) in [6, 6.07) is 9.32. The van der Waals surface area contributed by atoms with Gasteiger partial charge in [0.25, 0.3) is 0 Å². The molecule has 6 rings (SSSR count). The smallest absolute Gasteiger partial charge is 0.234 e. The Kier molecular flexibility index (Phi) is 5.28. The minimum atomic E-state index is -4.55. The van der Waals surface area contributed by atoms with Crippen LogP contribution in [0.4, 0.5) is 13.2 Å². The standard InChI is InChI=1S/C23H19F3N6O2S2/c1-13-10-16(23(24,25)26)28-22-17(13)18-19(35-22)21-29-20(30-32(21)12-27-18)14-6-5-9-31(11-14)36(33,34)15-7-3-2-4-8-15/h2-4,7-8,10,12,14H,5-6,9,11H2,1H3/t14-/m1/s1. The highest BCUT2D eigenvalue weighted by Crippen LogP contribution is 2.39. The van der Waals surface area contributed by atoms with E-state index in [0.717, 1.165) is 23.8 Å². The zero-order valence-corrected chi connectivity index (χ0v) is 20.5. The number of thiophene rings is 1. The van der Waals surface area contributed by atoms with Gasteiger partial charge in [0, 0.05) is 24.4 Å². The molecule has 1 fully saturated rings. The van der Waals surface area contributed by atoms with Crippen LogP contribution in [0.1, 0.15) is 35.8 Å². The molecule has 0 bridgehead atoms. The molecule has 13 heteroatoms. The highest BCUT2D eigenvalue weighted by molar-refractivity contribution is 7.89. The van der Waals surface area contributed by atoms with E-state index in [-0.39, 0.29) is 22.2 Å². The highest BCUT2D eigenvalue weighted by Gasteiger charge is 2.35. The summed E-state index contributed by atoms with van der Waals surface area (Å²) in [5.74, 6) is 0.258. The van der Waals surface area contributed by atoms with Crippen molar-refractivity contribution >= 4 is 47.4 Å². The fourth-order valence-corrected chi connectivity index (χ4v) is 7.38. The Morgan fingerprint density at radius 1 is 1.14 bits per heavy atom. The summed E-state index contributed by atoms with van der Waals surface area (Å²) in [5, 5.41) is 5.12. The first-order valence-corrected chi connectivity index (χ1v) is 13.5. The lowest BCUT2D eigenvalue weighted by Crippen LogP contribution is -2.39. The molecule has 8 nitrogen and oxygen atoms in total. The molecule has 0 N–H and O–H groups in total. The second-order valence-electron chi connectivity index (χ2n) is 8.78. The lowest BCUT2D eigenvalue weighted by atomic mass is 9.99. The van der Waals surface area contributed by atoms with E-state index < -0.39 is 21.9 Å². The number of aromatic nitrogens is 5. The third kappa shape index (κ3) is 3.73. The molecular weight excluding hydrogens is 513 g/mol. The van der Waals surface area contributed by atoms with Gasteiger partial charge in [-0.1, -0.05) is 18.2 Å². The fourth-order valence-electron chi connectivity index (χ4n) is 4.66. The number of sulfonamides is 1. The molecule has 1 aromatic carbocycles. The quantitative estimate of drug-likeness (QED) is 0.332. The molecule has 1 atom stereocenters. The predicted molar refractivity (Wildman–Crippen MR) is 128 cm³/mol. The topological polar surface area (TPSA) is 93.4 Å². The second kappa shape index (κ2) is 8.18. The van der Waals surface area contributed by atoms with Crippen LogP contribution in [-0.4, -0.2) is 50.4 Å². The van der Waals surface area contributed by atoms with Crippen LogP contribution >= 0.6 is 11.3 Å². The van der Waals surface area contributed by atoms with Crippen molar-refractivity contribution in [2.45, 2.75) is 36.8 Å². The molecule has 0 aliphatic carbocycles. The van der Waals surface area contributed by atoms with E-state index in [1.54, 1.807) is 37.3 Å². The van der Waals surface area contributed by atoms with Gasteiger partial charge in [0.05, 0.1) is 10.4 Å². The van der Waals surface area contributed by atoms with Crippen molar-refractivity contribution in [3.8, 4) is 0 Å². The van der Waals surface area contributed by atoms with Crippen LogP contribution in [0.5, 0.6) is 0 Å². The summed E-state index contributed by atoms with van der Waals surface area (Å²) in [7, 11) is -3.65. The summed E-state index contributed by atoms with van der Waals surface area (Å²) >= 11 is 1.09. The van der Waals surface area contributed by atoms with Gasteiger partial charge in [-0.15, -0.1) is 16.4 Å². The summed E-state index contributed by atoms with van der Waals surface area (Å²) in [6.07, 6.45) is -1.69. The van der Waals surface area contributed by atoms with Crippen molar-refractivity contribution in [3.05, 3.63) is 59.8 Å². The SMILES string of the molecule is Cc1cc(C(F)(F)F)nc2sc3c(ncn4nc([C@@H]5CCCN(S(=O)(=O)c6ccccc6)C5)nc34)c12. The number of fused-ring (bicyclic) bond motifs is 5. The fraction of sp³-hybridized carbons (Fsp3) is 0.304. The van der Waals surface area contributed by atoms with E-state index in [1.807, 2.05) is 0 Å². The average Bonchev–Trinajstić information content (AvgIpc) is 3.46. The molecule has 0 amide bonds. The second-order valence-corrected chi connectivity index (χ2v) is 11.7. The molecular formula is C23H19F3N6O2S2. The zero-order valence-electron chi connectivity index (χ0n) is 18.9. The van der Waals surface area contributed by atoms with Crippen LogP contribution in [0, 0.1) is 6.92 Å². The molecule has 0 saturated carbocycles. The van der Waals surface area contributed by atoms with Crippen LogP contribution in [0.25, 0.3) is 26.1 Å². The van der Waals surface area contributed by atoms with Gasteiger partial charge in [0.1, 0.15) is 21.6 Å². The molecule has 0 unspecified atom stereocenters. The molecule has 1 aliphatic rings. The Balaban J connectivity index is 1.40. The highest BCUT2D eigenvalue weighted by atomic mass is 32.2. The maximum Gasteiger partial charge on any atom is 0.433 e. The third-order valence-electron chi connectivity index (χ3n) is 6.40. The van der Waals surface area contributed by atoms with E-state index in [2.05, 4.69) is 15.1 Å². The zero-order chi connectivity index (χ0) is 25.2. The normalized spacial score (nSPS) is 17.9. The van der Waals surface area contributed by atoms with Gasteiger partial charge in [0.2, 0.25) is 10.0 Å². The van der Waals surface area contributed by atoms with Gasteiger partial charge in [-0.25, -0.2) is 27.9 Å². The number of nitrogens with zero attached hydrogens (tertiary/aromatic N) is 6. The molecule has 1 aliphatic heterocycles. The Hall–Kier alpha value is -3.16. The monoisotopic (exact) mass is 532 g/mol. The lowest BCUT2D eigenvalue weighted by Gasteiger charge is -2.30. The molecule has 36 heavy (non-hydrogen) atoms. The van der Waals surface area contributed by atoms with Gasteiger partial charge in [-0.2, -0.15) is 17.5 Å². The van der Waals surface area contributed by atoms with Gasteiger partial charge in [-0.05, 0) is 43.5 Å². The molecule has 5 aromatic rings. The molecule has 186 valence electrons. The Morgan fingerprint density at radius 2 is 1.92 bits per heavy atom. The Labute approximate surface area is 207 Å². The number of hydrogen-bond acceptors (Lipinski definition) is 7. The van der Waals surface area contributed by atoms with Crippen molar-refractivity contribution in [3.63, 3.8) is 0 Å². The number of rotatable bonds is 3. The summed E-state index contributed by atoms with van der Waals surface area (Å²) in [4.78, 5) is 13.5. The van der Waals surface area contributed by atoms with E-state index >= 15 is 0 Å². The van der Waals surface area contributed by atoms with Gasteiger partial charge in [-0.3, -0.25) is 0 Å². The molecule has 1 saturated heterocycles. The van der Waals surface area contributed by atoms with Crippen LogP contribution in [0.2, 0.25) is 0 Å². The third-order valence-corrected chi connectivity index (χ3v) is 9.35. The van der Waals surface area contributed by atoms with E-state index in [0.29, 0.717) is 45.6 Å². The molecule has 0 spiro atoms. The first kappa shape index (κ1) is 23.3. The number of halogens is 3. The minimum absolute atomic E-state index is 0.224. The molecule has 5 heterocycles. The number of benzene rings is 1. The maximum atomic E-state index is 13.3. The van der Waals surface area contributed by atoms with Crippen LogP contribution < -0.4 is 0 Å². The summed E-state index contributed by atoms with van der Waals surface area (Å²) in [5.41, 5.74) is 0.481. The van der Waals surface area contributed by atoms with Crippen molar-refractivity contribution in [2.75, 3.05) is 13.1 Å². The maximum absolute atomic E-state index is 13.3. The number of hydrogen-bond donors (Lipinski definition) is 0. The van der Waals surface area contributed by atoms with Gasteiger partial charge >= 0.3 is 6.18 Å². The van der Waals surface area contributed by atoms with E-state index in [9.17, 15) is 21.6 Å². The van der Waals surface area contributed by atoms with Crippen molar-refractivity contribution < 1.29 is 21.6 Å². The number of aryl methyl sites for hydroxylation is 1. The predicted octanol–water partition coefficient (Wildman–Crippen LogP) is 4.78. The van der Waals surface area contributed by atoms with Gasteiger partial charge < -0.3 is 0 Å². The first-order valence-electron chi connectivity index (χ1n) is 11.2. The largest absolute Gasteiger partial charge is 0.433 e. The first-order chi connectivity index (χ1) is 17.1. The van der Waals surface area contributed by atoms with Crippen LogP contribution in [-0.2, 0) is 16.2 Å². The number of alkyl halides is 3. The number of piperidine rings is 1. The molecule has 4 aromatic heterocycles.